The van der Waals surface area contributed by atoms with Crippen LogP contribution in [0.3, 0.4) is 0 Å². The molecule has 5 heteroatoms. The van der Waals surface area contributed by atoms with Gasteiger partial charge in [-0.2, -0.15) is 4.98 Å². The number of aryl methyl sites for hydroxylation is 1. The molecule has 0 unspecified atom stereocenters. The van der Waals surface area contributed by atoms with Crippen LogP contribution in [0.2, 0.25) is 0 Å². The van der Waals surface area contributed by atoms with Gasteiger partial charge in [0.25, 0.3) is 5.91 Å². The highest BCUT2D eigenvalue weighted by atomic mass is 16.5. The number of benzene rings is 1. The van der Waals surface area contributed by atoms with Gasteiger partial charge in [-0.25, -0.2) is 0 Å². The number of carbonyl (C=O) groups is 1. The monoisotopic (exact) mass is 299 g/mol. The highest BCUT2D eigenvalue weighted by molar-refractivity contribution is 5.95. The molecule has 5 nitrogen and oxygen atoms in total. The normalized spacial score (nSPS) is 16.1. The van der Waals surface area contributed by atoms with Crippen LogP contribution in [0.25, 0.3) is 11.4 Å². The van der Waals surface area contributed by atoms with Crippen LogP contribution in [0.15, 0.2) is 28.8 Å². The topological polar surface area (TPSA) is 59.2 Å². The zero-order valence-corrected chi connectivity index (χ0v) is 12.9. The molecule has 1 fully saturated rings. The van der Waals surface area contributed by atoms with Crippen molar-refractivity contribution < 1.29 is 9.32 Å². The molecule has 3 rings (SSSR count). The lowest BCUT2D eigenvalue weighted by Crippen LogP contribution is -2.33. The summed E-state index contributed by atoms with van der Waals surface area (Å²) in [5.41, 5.74) is 1.51. The van der Waals surface area contributed by atoms with Crippen molar-refractivity contribution in [3.63, 3.8) is 0 Å². The standard InChI is InChI=1S/C17H21N3O2/c1-13-18-16(19-22-13)14-8-7-9-15(12-14)17(21)20-10-5-3-2-4-6-11-20/h7-9,12H,2-6,10-11H2,1H3. The first-order valence-corrected chi connectivity index (χ1v) is 7.94. The van der Waals surface area contributed by atoms with Crippen molar-refractivity contribution in [2.75, 3.05) is 13.1 Å². The van der Waals surface area contributed by atoms with Crippen molar-refractivity contribution in [3.05, 3.63) is 35.7 Å². The van der Waals surface area contributed by atoms with Crippen LogP contribution in [0.1, 0.15) is 48.4 Å². The van der Waals surface area contributed by atoms with Crippen LogP contribution in [0.4, 0.5) is 0 Å². The van der Waals surface area contributed by atoms with E-state index in [0.717, 1.165) is 31.5 Å². The van der Waals surface area contributed by atoms with Crippen molar-refractivity contribution >= 4 is 5.91 Å². The van der Waals surface area contributed by atoms with Gasteiger partial charge in [0.2, 0.25) is 11.7 Å². The molecule has 1 aromatic heterocycles. The molecule has 116 valence electrons. The Morgan fingerprint density at radius 3 is 2.55 bits per heavy atom. The van der Waals surface area contributed by atoms with E-state index in [4.69, 9.17) is 4.52 Å². The fraction of sp³-hybridized carbons (Fsp3) is 0.471. The molecular weight excluding hydrogens is 278 g/mol. The molecule has 0 aliphatic carbocycles. The Hall–Kier alpha value is -2.17. The molecule has 1 aromatic carbocycles. The highest BCUT2D eigenvalue weighted by Crippen LogP contribution is 2.19. The molecule has 0 bridgehead atoms. The molecule has 2 heterocycles. The smallest absolute Gasteiger partial charge is 0.253 e. The molecule has 2 aromatic rings. The quantitative estimate of drug-likeness (QED) is 0.852. The average Bonchev–Trinajstić information content (AvgIpc) is 2.93. The minimum absolute atomic E-state index is 0.101. The molecule has 0 N–H and O–H groups in total. The van der Waals surface area contributed by atoms with Crippen LogP contribution >= 0.6 is 0 Å². The van der Waals surface area contributed by atoms with Crippen molar-refractivity contribution in [1.82, 2.24) is 15.0 Å². The van der Waals surface area contributed by atoms with E-state index in [1.54, 1.807) is 6.92 Å². The van der Waals surface area contributed by atoms with Crippen LogP contribution in [-0.4, -0.2) is 34.0 Å². The van der Waals surface area contributed by atoms with Crippen LogP contribution < -0.4 is 0 Å². The lowest BCUT2D eigenvalue weighted by Gasteiger charge is -2.25. The maximum absolute atomic E-state index is 12.7. The molecule has 0 atom stereocenters. The summed E-state index contributed by atoms with van der Waals surface area (Å²) in [6, 6.07) is 7.48. The van der Waals surface area contributed by atoms with Gasteiger partial charge in [0.15, 0.2) is 0 Å². The van der Waals surface area contributed by atoms with Gasteiger partial charge in [0.1, 0.15) is 0 Å². The number of hydrogen-bond acceptors (Lipinski definition) is 4. The predicted octanol–water partition coefficient (Wildman–Crippen LogP) is 3.45. The first-order valence-electron chi connectivity index (χ1n) is 7.94. The fourth-order valence-electron chi connectivity index (χ4n) is 2.84. The third-order valence-corrected chi connectivity index (χ3v) is 4.04. The largest absolute Gasteiger partial charge is 0.339 e. The van der Waals surface area contributed by atoms with E-state index in [9.17, 15) is 4.79 Å². The summed E-state index contributed by atoms with van der Waals surface area (Å²) >= 11 is 0. The van der Waals surface area contributed by atoms with Gasteiger partial charge in [-0.3, -0.25) is 4.79 Å². The van der Waals surface area contributed by atoms with Crippen LogP contribution in [0.5, 0.6) is 0 Å². The van der Waals surface area contributed by atoms with Gasteiger partial charge in [-0.1, -0.05) is 36.6 Å². The molecule has 1 aliphatic heterocycles. The second-order valence-electron chi connectivity index (χ2n) is 5.78. The van der Waals surface area contributed by atoms with Crippen molar-refractivity contribution in [3.8, 4) is 11.4 Å². The number of aromatic nitrogens is 2. The molecule has 0 saturated carbocycles. The van der Waals surface area contributed by atoms with E-state index in [1.807, 2.05) is 29.2 Å². The third-order valence-electron chi connectivity index (χ3n) is 4.04. The number of likely N-dealkylation sites (tertiary alicyclic amines) is 1. The van der Waals surface area contributed by atoms with Gasteiger partial charge in [-0.05, 0) is 25.0 Å². The number of nitrogens with zero attached hydrogens (tertiary/aromatic N) is 3. The molecule has 1 amide bonds. The summed E-state index contributed by atoms with van der Waals surface area (Å²) in [4.78, 5) is 18.9. The number of amides is 1. The van der Waals surface area contributed by atoms with E-state index in [0.29, 0.717) is 17.3 Å². The lowest BCUT2D eigenvalue weighted by molar-refractivity contribution is 0.0742. The summed E-state index contributed by atoms with van der Waals surface area (Å²) in [6.45, 7) is 3.46. The van der Waals surface area contributed by atoms with E-state index in [-0.39, 0.29) is 5.91 Å². The second-order valence-corrected chi connectivity index (χ2v) is 5.78. The summed E-state index contributed by atoms with van der Waals surface area (Å²) in [7, 11) is 0. The van der Waals surface area contributed by atoms with Crippen LogP contribution in [-0.2, 0) is 0 Å². The predicted molar refractivity (Wildman–Crippen MR) is 83.5 cm³/mol. The maximum atomic E-state index is 12.7. The Bertz CT molecular complexity index is 643. The van der Waals surface area contributed by atoms with E-state index in [2.05, 4.69) is 10.1 Å². The Labute approximate surface area is 130 Å². The zero-order chi connectivity index (χ0) is 15.4. The van der Waals surface area contributed by atoms with E-state index < -0.39 is 0 Å². The second kappa shape index (κ2) is 6.73. The fourth-order valence-corrected chi connectivity index (χ4v) is 2.84. The molecule has 0 spiro atoms. The number of carbonyl (C=O) groups excluding carboxylic acids is 1. The Kier molecular flexibility index (Phi) is 4.51. The summed E-state index contributed by atoms with van der Waals surface area (Å²) < 4.78 is 5.01. The molecule has 0 radical (unpaired) electrons. The summed E-state index contributed by atoms with van der Waals surface area (Å²) in [6.07, 6.45) is 5.90. The summed E-state index contributed by atoms with van der Waals surface area (Å²) in [5.74, 6) is 1.15. The van der Waals surface area contributed by atoms with Crippen molar-refractivity contribution in [1.29, 1.82) is 0 Å². The maximum Gasteiger partial charge on any atom is 0.253 e. The van der Waals surface area contributed by atoms with Gasteiger partial charge in [-0.15, -0.1) is 0 Å². The molecular formula is C17H21N3O2. The Morgan fingerprint density at radius 1 is 1.14 bits per heavy atom. The Morgan fingerprint density at radius 2 is 1.86 bits per heavy atom. The first kappa shape index (κ1) is 14.8. The third kappa shape index (κ3) is 3.35. The van der Waals surface area contributed by atoms with E-state index >= 15 is 0 Å². The average molecular weight is 299 g/mol. The van der Waals surface area contributed by atoms with Gasteiger partial charge in [0.05, 0.1) is 0 Å². The van der Waals surface area contributed by atoms with Gasteiger partial charge < -0.3 is 9.42 Å². The van der Waals surface area contributed by atoms with Crippen molar-refractivity contribution in [2.24, 2.45) is 0 Å². The Balaban J connectivity index is 1.80. The zero-order valence-electron chi connectivity index (χ0n) is 12.9. The minimum atomic E-state index is 0.101. The summed E-state index contributed by atoms with van der Waals surface area (Å²) in [5, 5.41) is 3.92. The van der Waals surface area contributed by atoms with Crippen LogP contribution in [0, 0.1) is 6.92 Å². The SMILES string of the molecule is Cc1nc(-c2cccc(C(=O)N3CCCCCCC3)c2)no1. The molecule has 22 heavy (non-hydrogen) atoms. The first-order chi connectivity index (χ1) is 10.7. The number of hydrogen-bond donors (Lipinski definition) is 0. The van der Waals surface area contributed by atoms with E-state index in [1.165, 1.54) is 19.3 Å². The van der Waals surface area contributed by atoms with Gasteiger partial charge in [0, 0.05) is 31.1 Å². The lowest BCUT2D eigenvalue weighted by atomic mass is 10.1. The van der Waals surface area contributed by atoms with Gasteiger partial charge >= 0.3 is 0 Å². The highest BCUT2D eigenvalue weighted by Gasteiger charge is 2.17. The minimum Gasteiger partial charge on any atom is -0.339 e. The molecule has 1 saturated heterocycles. The van der Waals surface area contributed by atoms with Crippen molar-refractivity contribution in [2.45, 2.75) is 39.0 Å². The molecule has 1 aliphatic rings. The number of rotatable bonds is 2.